The second-order valence-corrected chi connectivity index (χ2v) is 12.8. The van der Waals surface area contributed by atoms with E-state index in [1.54, 1.807) is 4.90 Å². The van der Waals surface area contributed by atoms with Crippen LogP contribution in [0.2, 0.25) is 0 Å². The second kappa shape index (κ2) is 11.3. The van der Waals surface area contributed by atoms with Crippen LogP contribution in [0.1, 0.15) is 75.3 Å². The predicted octanol–water partition coefficient (Wildman–Crippen LogP) is 4.61. The molecular weight excluding hydrogens is 492 g/mol. The van der Waals surface area contributed by atoms with Crippen molar-refractivity contribution < 1.29 is 19.1 Å². The van der Waals surface area contributed by atoms with Crippen molar-refractivity contribution in [2.75, 3.05) is 46.9 Å². The van der Waals surface area contributed by atoms with Gasteiger partial charge in [-0.25, -0.2) is 9.59 Å². The number of urea groups is 1. The Hall–Kier alpha value is -2.32. The molecule has 0 aliphatic carbocycles. The quantitative estimate of drug-likeness (QED) is 0.550. The molecule has 8 nitrogen and oxygen atoms in total. The number of likely N-dealkylation sites (tertiary alicyclic amines) is 1. The molecule has 5 aliphatic rings. The molecule has 1 aromatic rings. The van der Waals surface area contributed by atoms with E-state index < -0.39 is 0 Å². The number of hydrogen-bond donors (Lipinski definition) is 0. The van der Waals surface area contributed by atoms with E-state index >= 15 is 0 Å². The van der Waals surface area contributed by atoms with Gasteiger partial charge in [0, 0.05) is 57.1 Å². The van der Waals surface area contributed by atoms with Gasteiger partial charge in [-0.05, 0) is 69.2 Å². The van der Waals surface area contributed by atoms with Crippen LogP contribution in [0, 0.1) is 0 Å². The molecule has 5 aliphatic heterocycles. The van der Waals surface area contributed by atoms with E-state index in [1.807, 2.05) is 14.1 Å². The number of fused-ring (bicyclic) bond motifs is 4. The first-order valence-electron chi connectivity index (χ1n) is 15.3. The molecule has 0 N–H and O–H groups in total. The molecule has 0 radical (unpaired) electrons. The van der Waals surface area contributed by atoms with Gasteiger partial charge in [0.2, 0.25) is 0 Å². The molecule has 6 rings (SSSR count). The van der Waals surface area contributed by atoms with Crippen molar-refractivity contribution in [1.82, 2.24) is 19.6 Å². The number of rotatable bonds is 2. The molecule has 1 aromatic carbocycles. The number of amides is 3. The van der Waals surface area contributed by atoms with Crippen LogP contribution < -0.4 is 0 Å². The highest BCUT2D eigenvalue weighted by molar-refractivity contribution is 5.74. The van der Waals surface area contributed by atoms with Gasteiger partial charge in [-0.2, -0.15) is 0 Å². The van der Waals surface area contributed by atoms with Gasteiger partial charge in [0.15, 0.2) is 0 Å². The maximum atomic E-state index is 13.4. The number of piperidine rings is 1. The van der Waals surface area contributed by atoms with E-state index in [4.69, 9.17) is 9.47 Å². The zero-order valence-corrected chi connectivity index (χ0v) is 23.9. The summed E-state index contributed by atoms with van der Waals surface area (Å²) >= 11 is 0. The Kier molecular flexibility index (Phi) is 7.77. The topological polar surface area (TPSA) is 65.6 Å². The first kappa shape index (κ1) is 26.9. The molecular formula is C31H46N4O4. The van der Waals surface area contributed by atoms with Gasteiger partial charge in [0.05, 0.1) is 13.2 Å². The molecule has 4 saturated heterocycles. The van der Waals surface area contributed by atoms with Gasteiger partial charge in [0.25, 0.3) is 0 Å². The first-order chi connectivity index (χ1) is 18.9. The highest BCUT2D eigenvalue weighted by atomic mass is 16.6. The summed E-state index contributed by atoms with van der Waals surface area (Å²) in [7, 11) is 3.70. The van der Waals surface area contributed by atoms with Crippen molar-refractivity contribution in [1.29, 1.82) is 0 Å². The fourth-order valence-corrected chi connectivity index (χ4v) is 8.16. The van der Waals surface area contributed by atoms with E-state index in [9.17, 15) is 9.59 Å². The van der Waals surface area contributed by atoms with Crippen LogP contribution in [0.5, 0.6) is 0 Å². The number of benzene rings is 1. The third kappa shape index (κ3) is 5.39. The molecule has 8 heteroatoms. The summed E-state index contributed by atoms with van der Waals surface area (Å²) < 4.78 is 11.4. The normalized spacial score (nSPS) is 30.8. The van der Waals surface area contributed by atoms with Crippen LogP contribution in [-0.2, 0) is 21.4 Å². The van der Waals surface area contributed by atoms with Crippen molar-refractivity contribution in [3.05, 3.63) is 35.4 Å². The van der Waals surface area contributed by atoms with Crippen LogP contribution in [0.25, 0.3) is 0 Å². The van der Waals surface area contributed by atoms with Gasteiger partial charge in [-0.15, -0.1) is 0 Å². The molecule has 2 bridgehead atoms. The van der Waals surface area contributed by atoms with E-state index in [0.29, 0.717) is 31.8 Å². The number of nitrogens with zero attached hydrogens (tertiary/aromatic N) is 4. The lowest BCUT2D eigenvalue weighted by atomic mass is 9.68. The molecule has 3 unspecified atom stereocenters. The minimum atomic E-state index is -0.106. The van der Waals surface area contributed by atoms with Crippen LogP contribution >= 0.6 is 0 Å². The van der Waals surface area contributed by atoms with Crippen LogP contribution in [0.15, 0.2) is 24.3 Å². The highest BCUT2D eigenvalue weighted by Gasteiger charge is 2.46. The summed E-state index contributed by atoms with van der Waals surface area (Å²) in [5, 5.41) is 0. The molecule has 0 aromatic heterocycles. The van der Waals surface area contributed by atoms with Gasteiger partial charge in [0.1, 0.15) is 6.10 Å². The lowest BCUT2D eigenvalue weighted by Crippen LogP contribution is -2.56. The lowest BCUT2D eigenvalue weighted by molar-refractivity contribution is 0.0291. The largest absolute Gasteiger partial charge is 0.444 e. The standard InChI is InChI=1S/C31H46N4O4/c1-32(2)29(36)34-20-23-7-3-6-10-28(23)31(22-34)14-16-33(17-15-31)25-12-11-24-8-4-5-9-26(19-25)35(24)30(37)39-27-13-18-38-21-27/h3,6-7,10,24-27H,4-5,8-9,11-22H2,1-2H3/t24?,25?,26?,27-/m0/s1. The molecule has 0 saturated carbocycles. The van der Waals surface area contributed by atoms with E-state index in [1.165, 1.54) is 24.0 Å². The maximum Gasteiger partial charge on any atom is 0.410 e. The number of carbonyl (C=O) groups is 2. The summed E-state index contributed by atoms with van der Waals surface area (Å²) in [4.78, 5) is 35.0. The maximum absolute atomic E-state index is 13.4. The van der Waals surface area contributed by atoms with E-state index in [0.717, 1.165) is 71.0 Å². The first-order valence-corrected chi connectivity index (χ1v) is 15.3. The molecule has 1 spiro atoms. The SMILES string of the molecule is CN(C)C(=O)N1Cc2ccccc2C2(CCN(C3CCC4CCCCC(C3)N4C(=O)O[C@H]3CCOC3)CC2)C1. The van der Waals surface area contributed by atoms with Crippen molar-refractivity contribution in [3.8, 4) is 0 Å². The van der Waals surface area contributed by atoms with Crippen molar-refractivity contribution >= 4 is 12.1 Å². The molecule has 4 fully saturated rings. The van der Waals surface area contributed by atoms with E-state index in [2.05, 4.69) is 39.0 Å². The molecule has 214 valence electrons. The van der Waals surface area contributed by atoms with Crippen molar-refractivity contribution in [2.45, 2.75) is 100 Å². The summed E-state index contributed by atoms with van der Waals surface area (Å²) in [6, 6.07) is 9.94. The summed E-state index contributed by atoms with van der Waals surface area (Å²) in [5.74, 6) is 0. The monoisotopic (exact) mass is 538 g/mol. The zero-order valence-electron chi connectivity index (χ0n) is 23.9. The van der Waals surface area contributed by atoms with Gasteiger partial charge >= 0.3 is 12.1 Å². The number of ether oxygens (including phenoxy) is 2. The Morgan fingerprint density at radius 3 is 2.46 bits per heavy atom. The Balaban J connectivity index is 1.16. The van der Waals surface area contributed by atoms with E-state index in [-0.39, 0.29) is 29.7 Å². The Morgan fingerprint density at radius 2 is 1.72 bits per heavy atom. The second-order valence-electron chi connectivity index (χ2n) is 12.8. The Morgan fingerprint density at radius 1 is 0.974 bits per heavy atom. The van der Waals surface area contributed by atoms with Crippen molar-refractivity contribution in [3.63, 3.8) is 0 Å². The lowest BCUT2D eigenvalue weighted by Gasteiger charge is -2.50. The van der Waals surface area contributed by atoms with Gasteiger partial charge < -0.3 is 29.1 Å². The average Bonchev–Trinajstić information content (AvgIpc) is 3.28. The van der Waals surface area contributed by atoms with Crippen LogP contribution in [0.4, 0.5) is 9.59 Å². The molecule has 3 amide bonds. The molecule has 39 heavy (non-hydrogen) atoms. The summed E-state index contributed by atoms with van der Waals surface area (Å²) in [5.41, 5.74) is 2.77. The average molecular weight is 539 g/mol. The summed E-state index contributed by atoms with van der Waals surface area (Å²) in [6.07, 6.45) is 10.6. The van der Waals surface area contributed by atoms with Crippen LogP contribution in [0.3, 0.4) is 0 Å². The van der Waals surface area contributed by atoms with Crippen LogP contribution in [-0.4, -0.2) is 103 Å². The zero-order chi connectivity index (χ0) is 27.0. The summed E-state index contributed by atoms with van der Waals surface area (Å²) in [6.45, 7) is 4.81. The van der Waals surface area contributed by atoms with Gasteiger partial charge in [-0.1, -0.05) is 37.1 Å². The highest BCUT2D eigenvalue weighted by Crippen LogP contribution is 2.43. The molecule has 5 heterocycles. The number of hydrogen-bond acceptors (Lipinski definition) is 5. The molecule has 4 atom stereocenters. The smallest absolute Gasteiger partial charge is 0.410 e. The Labute approximate surface area is 233 Å². The third-order valence-electron chi connectivity index (χ3n) is 10.2. The minimum absolute atomic E-state index is 0.0221. The fraction of sp³-hybridized carbons (Fsp3) is 0.742. The van der Waals surface area contributed by atoms with Gasteiger partial charge in [-0.3, -0.25) is 0 Å². The minimum Gasteiger partial charge on any atom is -0.444 e. The third-order valence-corrected chi connectivity index (χ3v) is 10.2. The van der Waals surface area contributed by atoms with Crippen molar-refractivity contribution in [2.24, 2.45) is 0 Å². The number of carbonyl (C=O) groups excluding carboxylic acids is 2. The predicted molar refractivity (Wildman–Crippen MR) is 150 cm³/mol. The Bertz CT molecular complexity index is 1030. The fourth-order valence-electron chi connectivity index (χ4n) is 8.16.